The molecule has 5 heteroatoms. The van der Waals surface area contributed by atoms with E-state index in [0.29, 0.717) is 18.9 Å². The number of carbonyl (C=O) groups excluding carboxylic acids is 1. The zero-order valence-corrected chi connectivity index (χ0v) is 11.5. The summed E-state index contributed by atoms with van der Waals surface area (Å²) in [7, 11) is 0. The Kier molecular flexibility index (Phi) is 9.28. The molecule has 1 atom stereocenters. The lowest BCUT2D eigenvalue weighted by molar-refractivity contribution is -0.148. The van der Waals surface area contributed by atoms with Crippen LogP contribution in [0.2, 0.25) is 0 Å². The van der Waals surface area contributed by atoms with Crippen molar-refractivity contribution < 1.29 is 24.2 Å². The number of ether oxygens (including phenoxy) is 2. The predicted octanol–water partition coefficient (Wildman–Crippen LogP) is 2.24. The van der Waals surface area contributed by atoms with Crippen LogP contribution in [0.1, 0.15) is 46.5 Å². The van der Waals surface area contributed by atoms with Gasteiger partial charge in [-0.25, -0.2) is 0 Å². The van der Waals surface area contributed by atoms with Crippen molar-refractivity contribution >= 4 is 11.9 Å². The van der Waals surface area contributed by atoms with E-state index in [0.717, 1.165) is 6.42 Å². The fraction of sp³-hybridized carbons (Fsp3) is 0.846. The maximum Gasteiger partial charge on any atom is 0.306 e. The molecule has 0 aliphatic heterocycles. The summed E-state index contributed by atoms with van der Waals surface area (Å²) in [5, 5.41) is 8.39. The van der Waals surface area contributed by atoms with E-state index >= 15 is 0 Å². The molecule has 0 aromatic carbocycles. The van der Waals surface area contributed by atoms with Crippen molar-refractivity contribution in [2.45, 2.75) is 52.6 Å². The molecular formula is C13H24O5. The van der Waals surface area contributed by atoms with Crippen molar-refractivity contribution in [1.82, 2.24) is 0 Å². The average molecular weight is 260 g/mol. The van der Waals surface area contributed by atoms with Gasteiger partial charge in [0.25, 0.3) is 0 Å². The monoisotopic (exact) mass is 260 g/mol. The summed E-state index contributed by atoms with van der Waals surface area (Å²) in [5.41, 5.74) is 0. The number of hydrogen-bond donors (Lipinski definition) is 1. The number of hydrogen-bond acceptors (Lipinski definition) is 4. The molecule has 0 saturated carbocycles. The molecule has 0 aliphatic rings. The summed E-state index contributed by atoms with van der Waals surface area (Å²) in [6, 6.07) is 0. The topological polar surface area (TPSA) is 72.8 Å². The Bertz CT molecular complexity index is 250. The molecule has 0 fully saturated rings. The van der Waals surface area contributed by atoms with Crippen molar-refractivity contribution in [3.63, 3.8) is 0 Å². The Labute approximate surface area is 108 Å². The quantitative estimate of drug-likeness (QED) is 0.610. The van der Waals surface area contributed by atoms with E-state index in [4.69, 9.17) is 14.6 Å². The molecule has 18 heavy (non-hydrogen) atoms. The maximum absolute atomic E-state index is 11.1. The van der Waals surface area contributed by atoms with E-state index in [1.165, 1.54) is 0 Å². The number of aliphatic carboxylic acids is 1. The van der Waals surface area contributed by atoms with Crippen LogP contribution in [0.3, 0.4) is 0 Å². The Hall–Kier alpha value is -1.10. The van der Waals surface area contributed by atoms with Crippen LogP contribution in [0, 0.1) is 5.92 Å². The van der Waals surface area contributed by atoms with Gasteiger partial charge in [0.1, 0.15) is 0 Å². The number of rotatable bonds is 10. The van der Waals surface area contributed by atoms with Gasteiger partial charge in [-0.2, -0.15) is 0 Å². The largest absolute Gasteiger partial charge is 0.481 e. The van der Waals surface area contributed by atoms with Crippen LogP contribution in [0.25, 0.3) is 0 Å². The molecule has 1 unspecified atom stereocenters. The Morgan fingerprint density at radius 1 is 1.06 bits per heavy atom. The normalized spacial score (nSPS) is 12.4. The Balaban J connectivity index is 3.46. The van der Waals surface area contributed by atoms with Crippen molar-refractivity contribution in [2.24, 2.45) is 5.92 Å². The summed E-state index contributed by atoms with van der Waals surface area (Å²) in [6.45, 7) is 7.20. The van der Waals surface area contributed by atoms with E-state index in [9.17, 15) is 9.59 Å². The second kappa shape index (κ2) is 9.88. The van der Waals surface area contributed by atoms with E-state index in [1.807, 2.05) is 6.92 Å². The first kappa shape index (κ1) is 16.9. The highest BCUT2D eigenvalue weighted by atomic mass is 16.5. The number of carboxylic acid groups (broad SMARTS) is 1. The second-order valence-corrected chi connectivity index (χ2v) is 4.77. The number of carbonyl (C=O) groups is 2. The maximum atomic E-state index is 11.1. The minimum Gasteiger partial charge on any atom is -0.481 e. The summed E-state index contributed by atoms with van der Waals surface area (Å²) in [4.78, 5) is 21.3. The molecule has 5 nitrogen and oxygen atoms in total. The lowest BCUT2D eigenvalue weighted by atomic mass is 10.1. The summed E-state index contributed by atoms with van der Waals surface area (Å²) < 4.78 is 10.5. The molecule has 0 rings (SSSR count). The van der Waals surface area contributed by atoms with E-state index in [1.54, 1.807) is 0 Å². The molecule has 0 radical (unpaired) electrons. The molecule has 0 saturated heterocycles. The lowest BCUT2D eigenvalue weighted by Gasteiger charge is -2.14. The minimum absolute atomic E-state index is 0.0519. The molecule has 0 heterocycles. The van der Waals surface area contributed by atoms with Crippen molar-refractivity contribution in [2.75, 3.05) is 13.2 Å². The van der Waals surface area contributed by atoms with Crippen molar-refractivity contribution in [3.05, 3.63) is 0 Å². The molecule has 0 aromatic rings. The fourth-order valence-electron chi connectivity index (χ4n) is 1.21. The lowest BCUT2D eigenvalue weighted by Crippen LogP contribution is -2.15. The fourth-order valence-corrected chi connectivity index (χ4v) is 1.21. The first-order valence-electron chi connectivity index (χ1n) is 6.40. The summed E-state index contributed by atoms with van der Waals surface area (Å²) in [6.07, 6.45) is 1.45. The first-order chi connectivity index (χ1) is 8.41. The van der Waals surface area contributed by atoms with Gasteiger partial charge < -0.3 is 14.6 Å². The zero-order valence-electron chi connectivity index (χ0n) is 11.5. The molecule has 0 spiro atoms. The standard InChI is InChI=1S/C13H24O5/c1-10(2)6-8-17-11(3)7-9-18-13(16)5-4-12(14)15/h10-11H,4-9H2,1-3H3,(H,14,15). The van der Waals surface area contributed by atoms with Gasteiger partial charge in [0.05, 0.1) is 25.6 Å². The average Bonchev–Trinajstić information content (AvgIpc) is 2.25. The van der Waals surface area contributed by atoms with Crippen LogP contribution in [-0.2, 0) is 19.1 Å². The van der Waals surface area contributed by atoms with Gasteiger partial charge in [0, 0.05) is 13.0 Å². The van der Waals surface area contributed by atoms with Crippen molar-refractivity contribution in [3.8, 4) is 0 Å². The molecule has 1 N–H and O–H groups in total. The smallest absolute Gasteiger partial charge is 0.306 e. The summed E-state index contributed by atoms with van der Waals surface area (Å²) >= 11 is 0. The number of carboxylic acids is 1. The van der Waals surface area contributed by atoms with Crippen LogP contribution in [0.15, 0.2) is 0 Å². The molecule has 0 aliphatic carbocycles. The van der Waals surface area contributed by atoms with Gasteiger partial charge >= 0.3 is 11.9 Å². The highest BCUT2D eigenvalue weighted by Gasteiger charge is 2.08. The predicted molar refractivity (Wildman–Crippen MR) is 67.3 cm³/mol. The second-order valence-electron chi connectivity index (χ2n) is 4.77. The highest BCUT2D eigenvalue weighted by Crippen LogP contribution is 2.04. The molecule has 0 aromatic heterocycles. The van der Waals surface area contributed by atoms with Crippen LogP contribution in [0.4, 0.5) is 0 Å². The molecule has 0 bridgehead atoms. The molecule has 0 amide bonds. The van der Waals surface area contributed by atoms with Gasteiger partial charge in [-0.1, -0.05) is 13.8 Å². The highest BCUT2D eigenvalue weighted by molar-refractivity contribution is 5.76. The van der Waals surface area contributed by atoms with Crippen LogP contribution in [-0.4, -0.2) is 36.4 Å². The molecular weight excluding hydrogens is 236 g/mol. The van der Waals surface area contributed by atoms with Gasteiger partial charge in [0.2, 0.25) is 0 Å². The van der Waals surface area contributed by atoms with Gasteiger partial charge in [-0.05, 0) is 19.3 Å². The van der Waals surface area contributed by atoms with Gasteiger partial charge in [-0.15, -0.1) is 0 Å². The summed E-state index contributed by atoms with van der Waals surface area (Å²) in [5.74, 6) is -0.838. The first-order valence-corrected chi connectivity index (χ1v) is 6.40. The van der Waals surface area contributed by atoms with Crippen molar-refractivity contribution in [1.29, 1.82) is 0 Å². The third kappa shape index (κ3) is 11.4. The zero-order chi connectivity index (χ0) is 14.0. The molecule has 106 valence electrons. The third-order valence-electron chi connectivity index (χ3n) is 2.43. The van der Waals surface area contributed by atoms with Crippen LogP contribution < -0.4 is 0 Å². The van der Waals surface area contributed by atoms with Crippen LogP contribution >= 0.6 is 0 Å². The Morgan fingerprint density at radius 2 is 1.72 bits per heavy atom. The minimum atomic E-state index is -0.989. The Morgan fingerprint density at radius 3 is 2.28 bits per heavy atom. The van der Waals surface area contributed by atoms with E-state index < -0.39 is 11.9 Å². The van der Waals surface area contributed by atoms with Crippen LogP contribution in [0.5, 0.6) is 0 Å². The third-order valence-corrected chi connectivity index (χ3v) is 2.43. The van der Waals surface area contributed by atoms with E-state index in [-0.39, 0.29) is 25.6 Å². The number of esters is 1. The SMILES string of the molecule is CC(C)CCOC(C)CCOC(=O)CCC(=O)O. The van der Waals surface area contributed by atoms with E-state index in [2.05, 4.69) is 13.8 Å². The van der Waals surface area contributed by atoms with Gasteiger partial charge in [-0.3, -0.25) is 9.59 Å². The van der Waals surface area contributed by atoms with Gasteiger partial charge in [0.15, 0.2) is 0 Å².